The number of nitrogens with two attached hydrogens (primary N) is 1. The Hall–Kier alpha value is -1.32. The first-order valence-electron chi connectivity index (χ1n) is 3.09. The fourth-order valence-electron chi connectivity index (χ4n) is 0.661. The third-order valence-corrected chi connectivity index (χ3v) is 1.09. The molecule has 0 bridgehead atoms. The van der Waals surface area contributed by atoms with Crippen molar-refractivity contribution < 1.29 is 0 Å². The van der Waals surface area contributed by atoms with Gasteiger partial charge in [-0.05, 0) is 6.92 Å². The molecule has 0 radical (unpaired) electrons. The molecule has 0 atom stereocenters. The highest BCUT2D eigenvalue weighted by atomic mass is 15.1. The fourth-order valence-corrected chi connectivity index (χ4v) is 0.661. The lowest BCUT2D eigenvalue weighted by molar-refractivity contribution is 0.858. The molecule has 0 unspecified atom stereocenters. The quantitative estimate of drug-likeness (QED) is 0.494. The number of hydrogen-bond acceptors (Lipinski definition) is 4. The molecule has 3 N–H and O–H groups in total. The summed E-state index contributed by atoms with van der Waals surface area (Å²) in [5.74, 6) is 1.11. The van der Waals surface area contributed by atoms with Gasteiger partial charge in [0.05, 0.1) is 6.54 Å². The van der Waals surface area contributed by atoms with Crippen LogP contribution >= 0.6 is 0 Å². The van der Waals surface area contributed by atoms with Crippen LogP contribution in [0.25, 0.3) is 0 Å². The van der Waals surface area contributed by atoms with Crippen molar-refractivity contribution in [1.82, 2.24) is 5.32 Å². The van der Waals surface area contributed by atoms with Gasteiger partial charge < -0.3 is 11.1 Å². The van der Waals surface area contributed by atoms with Crippen LogP contribution in [0.5, 0.6) is 0 Å². The highest BCUT2D eigenvalue weighted by Crippen LogP contribution is 2.01. The molecule has 1 rings (SSSR count). The summed E-state index contributed by atoms with van der Waals surface area (Å²) in [6, 6.07) is 0. The van der Waals surface area contributed by atoms with Crippen LogP contribution in [0.15, 0.2) is 21.6 Å². The SMILES string of the molecule is CC=NC1=C(N)NCC=N1. The Kier molecular flexibility index (Phi) is 2.04. The van der Waals surface area contributed by atoms with Gasteiger partial charge in [-0.2, -0.15) is 0 Å². The zero-order chi connectivity index (χ0) is 7.40. The summed E-state index contributed by atoms with van der Waals surface area (Å²) < 4.78 is 0. The van der Waals surface area contributed by atoms with Crippen LogP contribution in [0, 0.1) is 0 Å². The van der Waals surface area contributed by atoms with Gasteiger partial charge in [0.15, 0.2) is 5.82 Å². The Morgan fingerprint density at radius 2 is 2.70 bits per heavy atom. The lowest BCUT2D eigenvalue weighted by Crippen LogP contribution is -2.26. The first kappa shape index (κ1) is 6.80. The molecule has 10 heavy (non-hydrogen) atoms. The van der Waals surface area contributed by atoms with Crippen molar-refractivity contribution in [2.24, 2.45) is 15.7 Å². The lowest BCUT2D eigenvalue weighted by atomic mass is 10.5. The van der Waals surface area contributed by atoms with E-state index >= 15 is 0 Å². The van der Waals surface area contributed by atoms with Crippen molar-refractivity contribution in [1.29, 1.82) is 0 Å². The molecule has 0 fully saturated rings. The van der Waals surface area contributed by atoms with E-state index in [0.717, 1.165) is 0 Å². The largest absolute Gasteiger partial charge is 0.382 e. The minimum atomic E-state index is 0.542. The van der Waals surface area contributed by atoms with Crippen LogP contribution in [0.2, 0.25) is 0 Å². The van der Waals surface area contributed by atoms with E-state index in [-0.39, 0.29) is 0 Å². The van der Waals surface area contributed by atoms with Gasteiger partial charge in [0.1, 0.15) is 5.82 Å². The van der Waals surface area contributed by atoms with E-state index in [1.54, 1.807) is 12.4 Å². The van der Waals surface area contributed by atoms with E-state index in [2.05, 4.69) is 15.3 Å². The van der Waals surface area contributed by atoms with Crippen molar-refractivity contribution in [3.05, 3.63) is 11.6 Å². The molecule has 0 spiro atoms. The Bertz CT molecular complexity index is 198. The average molecular weight is 138 g/mol. The fraction of sp³-hybridized carbons (Fsp3) is 0.333. The molecule has 0 aromatic rings. The summed E-state index contributed by atoms with van der Waals surface area (Å²) in [4.78, 5) is 7.90. The standard InChI is InChI=1S/C6H10N4/c1-2-8-6-5(7)9-3-4-10-6/h2,4,9H,3,7H2,1H3. The number of hydrogen-bond donors (Lipinski definition) is 2. The smallest absolute Gasteiger partial charge is 0.192 e. The summed E-state index contributed by atoms with van der Waals surface area (Å²) in [7, 11) is 0. The van der Waals surface area contributed by atoms with Gasteiger partial charge in [0.25, 0.3) is 0 Å². The Labute approximate surface area is 59.5 Å². The van der Waals surface area contributed by atoms with Crippen molar-refractivity contribution in [2.45, 2.75) is 6.92 Å². The second kappa shape index (κ2) is 3.00. The predicted molar refractivity (Wildman–Crippen MR) is 41.9 cm³/mol. The Morgan fingerprint density at radius 3 is 3.30 bits per heavy atom. The van der Waals surface area contributed by atoms with Crippen LogP contribution in [0.3, 0.4) is 0 Å². The maximum atomic E-state index is 5.51. The van der Waals surface area contributed by atoms with E-state index in [4.69, 9.17) is 5.73 Å². The normalized spacial score (nSPS) is 18.1. The molecular weight excluding hydrogens is 128 g/mol. The molecule has 4 heteroatoms. The molecule has 0 aromatic carbocycles. The summed E-state index contributed by atoms with van der Waals surface area (Å²) in [6.07, 6.45) is 3.39. The van der Waals surface area contributed by atoms with Crippen LogP contribution in [0.1, 0.15) is 6.92 Å². The van der Waals surface area contributed by atoms with Gasteiger partial charge in [-0.3, -0.25) is 0 Å². The topological polar surface area (TPSA) is 62.8 Å². The van der Waals surface area contributed by atoms with Gasteiger partial charge >= 0.3 is 0 Å². The number of aliphatic imine (C=N–C) groups is 2. The minimum absolute atomic E-state index is 0.542. The zero-order valence-corrected chi connectivity index (χ0v) is 5.83. The van der Waals surface area contributed by atoms with Gasteiger partial charge in [0.2, 0.25) is 0 Å². The third-order valence-electron chi connectivity index (χ3n) is 1.09. The zero-order valence-electron chi connectivity index (χ0n) is 5.83. The second-order valence-electron chi connectivity index (χ2n) is 1.82. The highest BCUT2D eigenvalue weighted by molar-refractivity contribution is 5.64. The first-order valence-corrected chi connectivity index (χ1v) is 3.09. The van der Waals surface area contributed by atoms with Crippen molar-refractivity contribution >= 4 is 12.4 Å². The molecule has 0 aliphatic carbocycles. The average Bonchev–Trinajstić information content (AvgIpc) is 1.94. The minimum Gasteiger partial charge on any atom is -0.382 e. The molecule has 0 saturated carbocycles. The van der Waals surface area contributed by atoms with Gasteiger partial charge in [-0.25, -0.2) is 9.98 Å². The van der Waals surface area contributed by atoms with Crippen LogP contribution in [-0.2, 0) is 0 Å². The van der Waals surface area contributed by atoms with E-state index < -0.39 is 0 Å². The van der Waals surface area contributed by atoms with Crippen LogP contribution in [-0.4, -0.2) is 19.0 Å². The summed E-state index contributed by atoms with van der Waals surface area (Å²) in [5, 5.41) is 2.91. The lowest BCUT2D eigenvalue weighted by Gasteiger charge is -2.08. The monoisotopic (exact) mass is 138 g/mol. The molecule has 1 aliphatic heterocycles. The molecule has 54 valence electrons. The van der Waals surface area contributed by atoms with Crippen LogP contribution in [0.4, 0.5) is 0 Å². The molecular formula is C6H10N4. The summed E-state index contributed by atoms with van der Waals surface area (Å²) in [5.41, 5.74) is 5.51. The van der Waals surface area contributed by atoms with Gasteiger partial charge in [-0.15, -0.1) is 0 Å². The molecule has 1 heterocycles. The first-order chi connectivity index (χ1) is 4.84. The number of rotatable bonds is 1. The van der Waals surface area contributed by atoms with Crippen molar-refractivity contribution in [3.63, 3.8) is 0 Å². The van der Waals surface area contributed by atoms with E-state index in [1.165, 1.54) is 0 Å². The van der Waals surface area contributed by atoms with Crippen LogP contribution < -0.4 is 11.1 Å². The number of nitrogens with zero attached hydrogens (tertiary/aromatic N) is 2. The van der Waals surface area contributed by atoms with E-state index in [0.29, 0.717) is 18.2 Å². The predicted octanol–water partition coefficient (Wildman–Crippen LogP) is -0.164. The van der Waals surface area contributed by atoms with E-state index in [1.807, 2.05) is 6.92 Å². The highest BCUT2D eigenvalue weighted by Gasteiger charge is 2.01. The van der Waals surface area contributed by atoms with Crippen molar-refractivity contribution in [3.8, 4) is 0 Å². The third kappa shape index (κ3) is 1.34. The van der Waals surface area contributed by atoms with Gasteiger partial charge in [0, 0.05) is 12.4 Å². The summed E-state index contributed by atoms with van der Waals surface area (Å²) in [6.45, 7) is 2.51. The van der Waals surface area contributed by atoms with E-state index in [9.17, 15) is 0 Å². The molecule has 4 nitrogen and oxygen atoms in total. The molecule has 0 amide bonds. The number of nitrogens with one attached hydrogen (secondary N) is 1. The Morgan fingerprint density at radius 1 is 1.90 bits per heavy atom. The molecule has 0 saturated heterocycles. The molecule has 0 aromatic heterocycles. The maximum Gasteiger partial charge on any atom is 0.192 e. The second-order valence-corrected chi connectivity index (χ2v) is 1.82. The maximum absolute atomic E-state index is 5.51. The Balaban J connectivity index is 2.79. The van der Waals surface area contributed by atoms with Gasteiger partial charge in [-0.1, -0.05) is 0 Å². The summed E-state index contributed by atoms with van der Waals surface area (Å²) >= 11 is 0. The van der Waals surface area contributed by atoms with Crippen molar-refractivity contribution in [2.75, 3.05) is 6.54 Å². The molecule has 1 aliphatic rings.